The standard InChI is InChI=1S/C26H34N2O3S.C25H31FN2O3S.C2H3N/c1-5-21(29-16-19-12-8-6-9-13-19)23-18(2)24(30-17-20-14-10-7-11-15-20)22-25(31-23)32-26(27-22)28(3)4;1-17-22(20(14-26)29-15-18-10-6-4-7-11-18)31-24-21(27-25(32-24)28(2)3)23(17)30-16-19-12-8-5-9-13-19;1-2-3/h6-15,18,21-25H,5,16-17H2,1-4H3;4-13,17,20-24H,14-16H2,1-3H3;1H3/t18-,21?,22-,23+,24+,25-;17-,20?,21-,22+,23+,24-;/m11./s1. The molecule has 14 heteroatoms. The highest BCUT2D eigenvalue weighted by Crippen LogP contribution is 2.44. The average Bonchev–Trinajstić information content (AvgIpc) is 3.99. The first-order chi connectivity index (χ1) is 32.5. The molecule has 360 valence electrons. The summed E-state index contributed by atoms with van der Waals surface area (Å²) in [6.07, 6.45) is -0.478. The number of thioether (sulfide) groups is 2. The van der Waals surface area contributed by atoms with Crippen molar-refractivity contribution in [1.82, 2.24) is 9.80 Å². The Hall–Kier alpha value is -4.30. The zero-order valence-electron chi connectivity index (χ0n) is 40.1. The summed E-state index contributed by atoms with van der Waals surface area (Å²) in [4.78, 5) is 13.9. The third-order valence-electron chi connectivity index (χ3n) is 12.1. The van der Waals surface area contributed by atoms with Gasteiger partial charge < -0.3 is 38.2 Å². The second-order valence-corrected chi connectivity index (χ2v) is 19.6. The normalized spacial score (nSPS) is 27.0. The van der Waals surface area contributed by atoms with Gasteiger partial charge in [0.1, 0.15) is 35.7 Å². The highest BCUT2D eigenvalue weighted by Gasteiger charge is 2.52. The Morgan fingerprint density at radius 1 is 0.597 bits per heavy atom. The molecule has 0 N–H and O–H groups in total. The van der Waals surface area contributed by atoms with Crippen LogP contribution < -0.4 is 0 Å². The molecule has 67 heavy (non-hydrogen) atoms. The lowest BCUT2D eigenvalue weighted by Crippen LogP contribution is -2.55. The molecule has 2 unspecified atom stereocenters. The first kappa shape index (κ1) is 52.1. The van der Waals surface area contributed by atoms with Crippen LogP contribution in [0.3, 0.4) is 0 Å². The molecular formula is C53H68FN5O6S2. The molecule has 4 aromatic carbocycles. The van der Waals surface area contributed by atoms with E-state index >= 15 is 0 Å². The number of amidine groups is 2. The summed E-state index contributed by atoms with van der Waals surface area (Å²) in [6.45, 7) is 9.25. The van der Waals surface area contributed by atoms with Crippen molar-refractivity contribution >= 4 is 33.9 Å². The van der Waals surface area contributed by atoms with E-state index in [0.717, 1.165) is 27.9 Å². The zero-order valence-corrected chi connectivity index (χ0v) is 41.7. The molecule has 4 aromatic rings. The van der Waals surface area contributed by atoms with Crippen molar-refractivity contribution in [2.75, 3.05) is 34.9 Å². The predicted molar refractivity (Wildman–Crippen MR) is 268 cm³/mol. The van der Waals surface area contributed by atoms with Gasteiger partial charge in [0.2, 0.25) is 0 Å². The number of benzene rings is 4. The maximum absolute atomic E-state index is 14.2. The molecule has 4 aliphatic rings. The minimum Gasteiger partial charge on any atom is -0.371 e. The molecule has 12 atom stereocenters. The van der Waals surface area contributed by atoms with Gasteiger partial charge in [-0.15, -0.1) is 0 Å². The monoisotopic (exact) mass is 953 g/mol. The molecule has 4 aliphatic heterocycles. The highest BCUT2D eigenvalue weighted by molar-refractivity contribution is 8.14. The van der Waals surface area contributed by atoms with Crippen LogP contribution in [-0.2, 0) is 54.8 Å². The van der Waals surface area contributed by atoms with Crippen molar-refractivity contribution in [2.24, 2.45) is 21.8 Å². The van der Waals surface area contributed by atoms with Crippen molar-refractivity contribution in [1.29, 1.82) is 5.26 Å². The Kier molecular flexibility index (Phi) is 20.6. The zero-order chi connectivity index (χ0) is 47.7. The van der Waals surface area contributed by atoms with Gasteiger partial charge in [-0.2, -0.15) is 5.26 Å². The van der Waals surface area contributed by atoms with Gasteiger partial charge in [-0.1, -0.05) is 166 Å². The number of aliphatic imine (C=N–C) groups is 2. The Labute approximate surface area is 406 Å². The smallest absolute Gasteiger partial charge is 0.161 e. The Morgan fingerprint density at radius 2 is 0.925 bits per heavy atom. The van der Waals surface area contributed by atoms with E-state index in [2.05, 4.69) is 62.1 Å². The molecule has 0 saturated carbocycles. The van der Waals surface area contributed by atoms with Crippen LogP contribution in [0.15, 0.2) is 131 Å². The molecule has 0 bridgehead atoms. The molecule has 2 fully saturated rings. The summed E-state index contributed by atoms with van der Waals surface area (Å²) in [5, 5.41) is 9.22. The summed E-state index contributed by atoms with van der Waals surface area (Å²) >= 11 is 3.27. The van der Waals surface area contributed by atoms with Gasteiger partial charge >= 0.3 is 0 Å². The van der Waals surface area contributed by atoms with Crippen LogP contribution in [0.4, 0.5) is 4.39 Å². The van der Waals surface area contributed by atoms with Crippen molar-refractivity contribution < 1.29 is 32.8 Å². The van der Waals surface area contributed by atoms with Crippen molar-refractivity contribution in [3.05, 3.63) is 144 Å². The van der Waals surface area contributed by atoms with E-state index in [-0.39, 0.29) is 59.2 Å². The van der Waals surface area contributed by atoms with Crippen molar-refractivity contribution in [2.45, 2.75) is 120 Å². The van der Waals surface area contributed by atoms with E-state index in [9.17, 15) is 4.39 Å². The molecular weight excluding hydrogens is 886 g/mol. The third kappa shape index (κ3) is 14.4. The quantitative estimate of drug-likeness (QED) is 0.107. The molecule has 0 aliphatic carbocycles. The van der Waals surface area contributed by atoms with E-state index in [1.54, 1.807) is 29.6 Å². The molecule has 11 nitrogen and oxygen atoms in total. The molecule has 0 amide bonds. The fourth-order valence-corrected chi connectivity index (χ4v) is 10.8. The van der Waals surface area contributed by atoms with Gasteiger partial charge in [-0.25, -0.2) is 4.39 Å². The molecule has 2 saturated heterocycles. The molecule has 0 spiro atoms. The number of nitriles is 1. The lowest BCUT2D eigenvalue weighted by molar-refractivity contribution is -0.184. The van der Waals surface area contributed by atoms with Crippen LogP contribution in [0.1, 0.15) is 56.4 Å². The first-order valence-corrected chi connectivity index (χ1v) is 24.9. The van der Waals surface area contributed by atoms with Crippen LogP contribution in [-0.4, -0.2) is 115 Å². The summed E-state index contributed by atoms with van der Waals surface area (Å²) in [7, 11) is 8.00. The maximum Gasteiger partial charge on any atom is 0.161 e. The van der Waals surface area contributed by atoms with Gasteiger partial charge in [0.15, 0.2) is 10.3 Å². The number of fused-ring (bicyclic) bond motifs is 2. The number of ether oxygens (including phenoxy) is 6. The van der Waals surface area contributed by atoms with Crippen LogP contribution in [0.25, 0.3) is 0 Å². The largest absolute Gasteiger partial charge is 0.371 e. The van der Waals surface area contributed by atoms with Gasteiger partial charge in [-0.05, 0) is 28.7 Å². The maximum atomic E-state index is 14.2. The van der Waals surface area contributed by atoms with E-state index < -0.39 is 18.9 Å². The van der Waals surface area contributed by atoms with Gasteiger partial charge in [0, 0.05) is 47.0 Å². The van der Waals surface area contributed by atoms with Crippen LogP contribution in [0, 0.1) is 23.2 Å². The average molecular weight is 954 g/mol. The molecule has 4 heterocycles. The van der Waals surface area contributed by atoms with Gasteiger partial charge in [-0.3, -0.25) is 9.98 Å². The number of rotatable bonds is 16. The fourth-order valence-electron chi connectivity index (χ4n) is 8.57. The molecule has 0 radical (unpaired) electrons. The van der Waals surface area contributed by atoms with E-state index in [4.69, 9.17) is 43.7 Å². The van der Waals surface area contributed by atoms with Crippen LogP contribution in [0.5, 0.6) is 0 Å². The minimum absolute atomic E-state index is 0.00186. The molecule has 0 aromatic heterocycles. The Bertz CT molecular complexity index is 2010. The van der Waals surface area contributed by atoms with E-state index in [1.807, 2.05) is 118 Å². The first-order valence-electron chi connectivity index (χ1n) is 23.2. The van der Waals surface area contributed by atoms with Crippen LogP contribution >= 0.6 is 23.5 Å². The SMILES string of the molecule is CC#N.CCC(OCc1ccccc1)[C@H]1O[C@@H]2SC(N(C)C)=N[C@@H]2[C@@H](OCc2ccccc2)[C@@H]1C.C[C@H]1[C@H](OCc2ccccc2)[C@H]2N=C(N(C)C)S[C@H]2O[C@@H]1C(CF)OCc1ccccc1. The number of hydrogen-bond acceptors (Lipinski definition) is 13. The van der Waals surface area contributed by atoms with E-state index in [0.29, 0.717) is 26.4 Å². The second kappa shape index (κ2) is 26.5. The summed E-state index contributed by atoms with van der Waals surface area (Å²) in [6, 6.07) is 42.2. The predicted octanol–water partition coefficient (Wildman–Crippen LogP) is 10.0. The van der Waals surface area contributed by atoms with Gasteiger partial charge in [0.25, 0.3) is 0 Å². The minimum atomic E-state index is -0.669. The Balaban J connectivity index is 0.000000209. The summed E-state index contributed by atoms with van der Waals surface area (Å²) in [5.41, 5.74) is 4.20. The topological polar surface area (TPSA) is 110 Å². The number of halogens is 1. The molecule has 8 rings (SSSR count). The van der Waals surface area contributed by atoms with Crippen molar-refractivity contribution in [3.63, 3.8) is 0 Å². The summed E-state index contributed by atoms with van der Waals surface area (Å²) in [5.74, 6) is 0.0777. The van der Waals surface area contributed by atoms with Crippen molar-refractivity contribution in [3.8, 4) is 6.07 Å². The van der Waals surface area contributed by atoms with E-state index in [1.165, 1.54) is 18.1 Å². The van der Waals surface area contributed by atoms with Gasteiger partial charge in [0.05, 0.1) is 63.0 Å². The lowest BCUT2D eigenvalue weighted by atomic mass is 9.86. The fraction of sp³-hybridized carbons (Fsp3) is 0.491. The number of nitrogens with zero attached hydrogens (tertiary/aromatic N) is 5. The Morgan fingerprint density at radius 3 is 1.25 bits per heavy atom. The number of hydrogen-bond donors (Lipinski definition) is 0. The summed E-state index contributed by atoms with van der Waals surface area (Å²) < 4.78 is 52.5. The highest BCUT2D eigenvalue weighted by atomic mass is 32.2. The lowest BCUT2D eigenvalue weighted by Gasteiger charge is -2.44. The third-order valence-corrected chi connectivity index (χ3v) is 14.7. The van der Waals surface area contributed by atoms with Crippen LogP contribution in [0.2, 0.25) is 0 Å². The number of alkyl halides is 1. The second-order valence-electron chi connectivity index (χ2n) is 17.5.